The Morgan fingerprint density at radius 1 is 1.43 bits per heavy atom. The number of hydrogen-bond acceptors (Lipinski definition) is 3. The summed E-state index contributed by atoms with van der Waals surface area (Å²) in [5, 5.41) is 0. The zero-order chi connectivity index (χ0) is 15.6. The van der Waals surface area contributed by atoms with Crippen LogP contribution in [-0.2, 0) is 10.0 Å². The fourth-order valence-corrected chi connectivity index (χ4v) is 4.12. The average molecular weight is 330 g/mol. The van der Waals surface area contributed by atoms with E-state index in [4.69, 9.17) is 18.0 Å². The summed E-state index contributed by atoms with van der Waals surface area (Å²) in [6.07, 6.45) is 4.42. The van der Waals surface area contributed by atoms with Crippen molar-refractivity contribution in [2.45, 2.75) is 30.6 Å². The molecule has 0 unspecified atom stereocenters. The van der Waals surface area contributed by atoms with E-state index >= 15 is 0 Å². The molecule has 2 rings (SSSR count). The van der Waals surface area contributed by atoms with E-state index in [0.29, 0.717) is 12.5 Å². The van der Waals surface area contributed by atoms with Gasteiger partial charge in [-0.25, -0.2) is 17.1 Å². The first-order valence-corrected chi connectivity index (χ1v) is 8.73. The van der Waals surface area contributed by atoms with Gasteiger partial charge in [-0.05, 0) is 37.0 Å². The summed E-state index contributed by atoms with van der Waals surface area (Å²) >= 11 is 4.74. The van der Waals surface area contributed by atoms with Gasteiger partial charge in [0.1, 0.15) is 10.8 Å². The molecule has 1 fully saturated rings. The Morgan fingerprint density at radius 3 is 2.62 bits per heavy atom. The van der Waals surface area contributed by atoms with Gasteiger partial charge in [0.25, 0.3) is 0 Å². The molecule has 0 bridgehead atoms. The standard InChI is InChI=1S/C14H19FN2O2S2/c1-17(9-10-4-2-3-5-10)21(18,19)11-6-7-13(15)12(8-11)14(16)20/h6-8,10H,2-5,9H2,1H3,(H2,16,20). The van der Waals surface area contributed by atoms with Crippen LogP contribution in [0.25, 0.3) is 0 Å². The minimum atomic E-state index is -3.65. The molecule has 1 aliphatic carbocycles. The van der Waals surface area contributed by atoms with Crippen LogP contribution in [0.5, 0.6) is 0 Å². The van der Waals surface area contributed by atoms with Crippen molar-refractivity contribution in [1.29, 1.82) is 0 Å². The van der Waals surface area contributed by atoms with E-state index < -0.39 is 15.8 Å². The third-order valence-corrected chi connectivity index (χ3v) is 5.94. The lowest BCUT2D eigenvalue weighted by atomic mass is 10.1. The van der Waals surface area contributed by atoms with Gasteiger partial charge < -0.3 is 5.73 Å². The van der Waals surface area contributed by atoms with E-state index in [0.717, 1.165) is 31.7 Å². The highest BCUT2D eigenvalue weighted by Crippen LogP contribution is 2.27. The minimum Gasteiger partial charge on any atom is -0.389 e. The minimum absolute atomic E-state index is 0.0206. The van der Waals surface area contributed by atoms with Crippen molar-refractivity contribution < 1.29 is 12.8 Å². The molecule has 4 nitrogen and oxygen atoms in total. The molecular formula is C14H19FN2O2S2. The molecule has 1 aliphatic rings. The van der Waals surface area contributed by atoms with Crippen molar-refractivity contribution >= 4 is 27.2 Å². The van der Waals surface area contributed by atoms with E-state index in [9.17, 15) is 12.8 Å². The van der Waals surface area contributed by atoms with E-state index in [2.05, 4.69) is 0 Å². The van der Waals surface area contributed by atoms with Gasteiger partial charge in [0.2, 0.25) is 10.0 Å². The fourth-order valence-electron chi connectivity index (χ4n) is 2.69. The van der Waals surface area contributed by atoms with Crippen LogP contribution < -0.4 is 5.73 Å². The third kappa shape index (κ3) is 3.59. The summed E-state index contributed by atoms with van der Waals surface area (Å²) in [6, 6.07) is 3.54. The first kappa shape index (κ1) is 16.3. The molecule has 1 saturated carbocycles. The van der Waals surface area contributed by atoms with Crippen LogP contribution in [0, 0.1) is 11.7 Å². The highest BCUT2D eigenvalue weighted by atomic mass is 32.2. The molecular weight excluding hydrogens is 311 g/mol. The van der Waals surface area contributed by atoms with E-state index in [-0.39, 0.29) is 15.4 Å². The summed E-state index contributed by atoms with van der Waals surface area (Å²) in [5.41, 5.74) is 5.38. The van der Waals surface area contributed by atoms with Crippen LogP contribution in [0.3, 0.4) is 0 Å². The van der Waals surface area contributed by atoms with Crippen molar-refractivity contribution in [3.63, 3.8) is 0 Å². The first-order valence-electron chi connectivity index (χ1n) is 6.88. The van der Waals surface area contributed by atoms with Crippen LogP contribution in [0.4, 0.5) is 4.39 Å². The molecule has 0 aliphatic heterocycles. The van der Waals surface area contributed by atoms with Gasteiger partial charge in [-0.3, -0.25) is 0 Å². The number of benzene rings is 1. The normalized spacial score (nSPS) is 16.5. The van der Waals surface area contributed by atoms with Gasteiger partial charge >= 0.3 is 0 Å². The van der Waals surface area contributed by atoms with Crippen LogP contribution >= 0.6 is 12.2 Å². The van der Waals surface area contributed by atoms with Crippen molar-refractivity contribution in [3.8, 4) is 0 Å². The third-order valence-electron chi connectivity index (χ3n) is 3.90. The average Bonchev–Trinajstić information content (AvgIpc) is 2.91. The maximum atomic E-state index is 13.6. The molecule has 21 heavy (non-hydrogen) atoms. The van der Waals surface area contributed by atoms with Crippen LogP contribution in [-0.4, -0.2) is 31.3 Å². The Bertz CT molecular complexity index is 640. The summed E-state index contributed by atoms with van der Waals surface area (Å²) in [4.78, 5) is -0.129. The summed E-state index contributed by atoms with van der Waals surface area (Å²) in [7, 11) is -2.09. The predicted octanol–water partition coefficient (Wildman–Crippen LogP) is 2.27. The molecule has 0 radical (unpaired) electrons. The van der Waals surface area contributed by atoms with E-state index in [1.54, 1.807) is 7.05 Å². The lowest BCUT2D eigenvalue weighted by molar-refractivity contribution is 0.387. The molecule has 0 amide bonds. The second-order valence-corrected chi connectivity index (χ2v) is 7.93. The quantitative estimate of drug-likeness (QED) is 0.841. The van der Waals surface area contributed by atoms with Gasteiger partial charge in [0, 0.05) is 19.2 Å². The maximum absolute atomic E-state index is 13.6. The van der Waals surface area contributed by atoms with Crippen LogP contribution in [0.2, 0.25) is 0 Å². The smallest absolute Gasteiger partial charge is 0.242 e. The lowest BCUT2D eigenvalue weighted by Crippen LogP contribution is -2.31. The lowest BCUT2D eigenvalue weighted by Gasteiger charge is -2.21. The topological polar surface area (TPSA) is 63.4 Å². The molecule has 1 aromatic carbocycles. The molecule has 0 aromatic heterocycles. The van der Waals surface area contributed by atoms with E-state index in [1.807, 2.05) is 0 Å². The molecule has 2 N–H and O–H groups in total. The number of sulfonamides is 1. The zero-order valence-corrected chi connectivity index (χ0v) is 13.5. The molecule has 116 valence electrons. The van der Waals surface area contributed by atoms with Crippen molar-refractivity contribution in [2.75, 3.05) is 13.6 Å². The number of thiocarbonyl (C=S) groups is 1. The number of halogens is 1. The summed E-state index contributed by atoms with van der Waals surface area (Å²) < 4.78 is 39.9. The maximum Gasteiger partial charge on any atom is 0.242 e. The van der Waals surface area contributed by atoms with Crippen LogP contribution in [0.15, 0.2) is 23.1 Å². The van der Waals surface area contributed by atoms with Crippen molar-refractivity contribution in [3.05, 3.63) is 29.6 Å². The number of nitrogens with two attached hydrogens (primary N) is 1. The number of nitrogens with zero attached hydrogens (tertiary/aromatic N) is 1. The van der Waals surface area contributed by atoms with Crippen LogP contribution in [0.1, 0.15) is 31.2 Å². The number of hydrogen-bond donors (Lipinski definition) is 1. The Balaban J connectivity index is 2.26. The SMILES string of the molecule is CN(CC1CCCC1)S(=O)(=O)c1ccc(F)c(C(N)=S)c1. The second-order valence-electron chi connectivity index (χ2n) is 5.44. The molecule has 1 aromatic rings. The summed E-state index contributed by atoms with van der Waals surface area (Å²) in [6.45, 7) is 0.488. The predicted molar refractivity (Wildman–Crippen MR) is 84.1 cm³/mol. The number of rotatable bonds is 5. The highest BCUT2D eigenvalue weighted by Gasteiger charge is 2.26. The molecule has 7 heteroatoms. The Morgan fingerprint density at radius 2 is 2.05 bits per heavy atom. The van der Waals surface area contributed by atoms with Crippen molar-refractivity contribution in [2.24, 2.45) is 11.7 Å². The molecule has 0 saturated heterocycles. The molecule has 0 spiro atoms. The Labute approximate surface area is 130 Å². The first-order chi connectivity index (χ1) is 9.82. The Kier molecular flexibility index (Phi) is 4.95. The van der Waals surface area contributed by atoms with Gasteiger partial charge in [-0.2, -0.15) is 0 Å². The zero-order valence-electron chi connectivity index (χ0n) is 11.9. The Hall–Kier alpha value is -1.05. The summed E-state index contributed by atoms with van der Waals surface area (Å²) in [5.74, 6) is -0.208. The monoisotopic (exact) mass is 330 g/mol. The van der Waals surface area contributed by atoms with Gasteiger partial charge in [-0.15, -0.1) is 0 Å². The van der Waals surface area contributed by atoms with Gasteiger partial charge in [0.05, 0.1) is 4.90 Å². The van der Waals surface area contributed by atoms with Gasteiger partial charge in [0.15, 0.2) is 0 Å². The van der Waals surface area contributed by atoms with Crippen molar-refractivity contribution in [1.82, 2.24) is 4.31 Å². The fraction of sp³-hybridized carbons (Fsp3) is 0.500. The second kappa shape index (κ2) is 6.37. The van der Waals surface area contributed by atoms with E-state index in [1.165, 1.54) is 16.4 Å². The van der Waals surface area contributed by atoms with Gasteiger partial charge in [-0.1, -0.05) is 25.1 Å². The highest BCUT2D eigenvalue weighted by molar-refractivity contribution is 7.89. The molecule has 0 heterocycles. The largest absolute Gasteiger partial charge is 0.389 e. The molecule has 0 atom stereocenters.